The Kier molecular flexibility index (Phi) is 5.16. The highest BCUT2D eigenvalue weighted by Gasteiger charge is 2.29. The van der Waals surface area contributed by atoms with Crippen molar-refractivity contribution in [1.82, 2.24) is 4.31 Å². The third-order valence-corrected chi connectivity index (χ3v) is 7.77. The van der Waals surface area contributed by atoms with Gasteiger partial charge in [-0.3, -0.25) is 4.79 Å². The summed E-state index contributed by atoms with van der Waals surface area (Å²) in [7, 11) is -3.72. The molecule has 3 aromatic rings. The molecule has 0 radical (unpaired) electrons. The number of fused-ring (bicyclic) bond motifs is 1. The lowest BCUT2D eigenvalue weighted by Crippen LogP contribution is -2.35. The molecule has 1 aromatic heterocycles. The molecule has 2 heterocycles. The van der Waals surface area contributed by atoms with Crippen LogP contribution in [0, 0.1) is 6.92 Å². The van der Waals surface area contributed by atoms with Crippen LogP contribution < -0.4 is 5.32 Å². The predicted molar refractivity (Wildman–Crippen MR) is 113 cm³/mol. The minimum atomic E-state index is -3.72. The summed E-state index contributed by atoms with van der Waals surface area (Å²) in [5.41, 5.74) is 2.41. The maximum Gasteiger partial charge on any atom is 0.255 e. The molecule has 2 N–H and O–H groups in total. The maximum absolute atomic E-state index is 13.1. The minimum absolute atomic E-state index is 0.0485. The van der Waals surface area contributed by atoms with E-state index in [0.29, 0.717) is 19.5 Å². The molecule has 0 saturated carbocycles. The molecule has 0 unspecified atom stereocenters. The fourth-order valence-electron chi connectivity index (χ4n) is 3.32. The molecule has 150 valence electrons. The zero-order chi connectivity index (χ0) is 20.6. The number of rotatable bonds is 4. The van der Waals surface area contributed by atoms with Crippen LogP contribution in [0.4, 0.5) is 5.69 Å². The molecule has 1 aliphatic rings. The van der Waals surface area contributed by atoms with E-state index in [4.69, 9.17) is 0 Å². The molecule has 8 heteroatoms. The van der Waals surface area contributed by atoms with E-state index < -0.39 is 15.9 Å². The van der Waals surface area contributed by atoms with E-state index in [-0.39, 0.29) is 21.9 Å². The third-order valence-electron chi connectivity index (χ3n) is 4.91. The average Bonchev–Trinajstić information content (AvgIpc) is 3.18. The Labute approximate surface area is 173 Å². The number of benzene rings is 2. The molecule has 1 amide bonds. The smallest absolute Gasteiger partial charge is 0.255 e. The highest BCUT2D eigenvalue weighted by molar-refractivity contribution is 7.89. The SMILES string of the molecule is Cc1ccc(O)c(NC(=O)c2cccc(S(=O)(=O)N3CCc4sccc4C3)c2)c1. The zero-order valence-electron chi connectivity index (χ0n) is 15.8. The molecular weight excluding hydrogens is 408 g/mol. The van der Waals surface area contributed by atoms with E-state index in [0.717, 1.165) is 11.1 Å². The number of amides is 1. The first-order valence-electron chi connectivity index (χ1n) is 9.11. The molecule has 0 spiro atoms. The number of phenolic OH excluding ortho intramolecular Hbond substituents is 1. The van der Waals surface area contributed by atoms with Gasteiger partial charge in [0.2, 0.25) is 10.0 Å². The molecule has 0 bridgehead atoms. The van der Waals surface area contributed by atoms with Crippen LogP contribution in [0.2, 0.25) is 0 Å². The predicted octanol–water partition coefficient (Wildman–Crippen LogP) is 3.76. The third kappa shape index (κ3) is 3.91. The van der Waals surface area contributed by atoms with Gasteiger partial charge in [0.05, 0.1) is 10.6 Å². The molecule has 1 aliphatic heterocycles. The Morgan fingerprint density at radius 2 is 2.00 bits per heavy atom. The summed E-state index contributed by atoms with van der Waals surface area (Å²) in [5, 5.41) is 14.5. The van der Waals surface area contributed by atoms with Crippen molar-refractivity contribution >= 4 is 33.0 Å². The molecule has 0 aliphatic carbocycles. The number of hydrogen-bond acceptors (Lipinski definition) is 5. The van der Waals surface area contributed by atoms with Gasteiger partial charge in [-0.1, -0.05) is 12.1 Å². The minimum Gasteiger partial charge on any atom is -0.506 e. The second-order valence-corrected chi connectivity index (χ2v) is 9.90. The van der Waals surface area contributed by atoms with Crippen LogP contribution in [0.1, 0.15) is 26.4 Å². The quantitative estimate of drug-likeness (QED) is 0.620. The van der Waals surface area contributed by atoms with Crippen LogP contribution in [-0.4, -0.2) is 30.3 Å². The molecule has 0 fully saturated rings. The van der Waals surface area contributed by atoms with E-state index in [2.05, 4.69) is 5.32 Å². The summed E-state index contributed by atoms with van der Waals surface area (Å²) in [5.74, 6) is -0.533. The number of phenols is 1. The Bertz CT molecular complexity index is 1180. The average molecular weight is 429 g/mol. The number of aryl methyl sites for hydroxylation is 1. The van der Waals surface area contributed by atoms with Gasteiger partial charge >= 0.3 is 0 Å². The van der Waals surface area contributed by atoms with Gasteiger partial charge in [0.15, 0.2) is 0 Å². The Hall–Kier alpha value is -2.68. The van der Waals surface area contributed by atoms with Crippen molar-refractivity contribution in [2.75, 3.05) is 11.9 Å². The molecule has 6 nitrogen and oxygen atoms in total. The second-order valence-electron chi connectivity index (χ2n) is 6.96. The van der Waals surface area contributed by atoms with E-state index >= 15 is 0 Å². The number of nitrogens with zero attached hydrogens (tertiary/aromatic N) is 1. The van der Waals surface area contributed by atoms with Gasteiger partial charge in [-0.25, -0.2) is 8.42 Å². The fraction of sp³-hybridized carbons (Fsp3) is 0.190. The molecule has 4 rings (SSSR count). The van der Waals surface area contributed by atoms with Crippen LogP contribution >= 0.6 is 11.3 Å². The Balaban J connectivity index is 1.58. The first-order chi connectivity index (χ1) is 13.8. The van der Waals surface area contributed by atoms with Gasteiger partial charge in [0.1, 0.15) is 5.75 Å². The van der Waals surface area contributed by atoms with E-state index in [1.165, 1.54) is 27.4 Å². The first-order valence-corrected chi connectivity index (χ1v) is 11.4. The van der Waals surface area contributed by atoms with Gasteiger partial charge in [-0.2, -0.15) is 4.31 Å². The van der Waals surface area contributed by atoms with Crippen LogP contribution in [0.5, 0.6) is 5.75 Å². The van der Waals surface area contributed by atoms with Crippen LogP contribution in [0.25, 0.3) is 0 Å². The normalized spacial score (nSPS) is 14.4. The van der Waals surface area contributed by atoms with Gasteiger partial charge in [0, 0.05) is 23.5 Å². The van der Waals surface area contributed by atoms with Crippen LogP contribution in [0.15, 0.2) is 58.8 Å². The summed E-state index contributed by atoms with van der Waals surface area (Å²) in [6.07, 6.45) is 0.693. The monoisotopic (exact) mass is 428 g/mol. The fourth-order valence-corrected chi connectivity index (χ4v) is 5.67. The highest BCUT2D eigenvalue weighted by atomic mass is 32.2. The van der Waals surface area contributed by atoms with Gasteiger partial charge in [-0.05, 0) is 66.2 Å². The van der Waals surface area contributed by atoms with Crippen molar-refractivity contribution in [2.45, 2.75) is 24.8 Å². The summed E-state index contributed by atoms with van der Waals surface area (Å²) >= 11 is 1.65. The number of carbonyl (C=O) groups is 1. The van der Waals surface area contributed by atoms with E-state index in [1.54, 1.807) is 35.6 Å². The summed E-state index contributed by atoms with van der Waals surface area (Å²) in [4.78, 5) is 13.9. The lowest BCUT2D eigenvalue weighted by molar-refractivity contribution is 0.102. The molecule has 2 aromatic carbocycles. The largest absolute Gasteiger partial charge is 0.506 e. The molecule has 0 saturated heterocycles. The standard InChI is InChI=1S/C21H20N2O4S2/c1-14-5-6-19(24)18(11-14)22-21(25)15-3-2-4-17(12-15)29(26,27)23-9-7-20-16(13-23)8-10-28-20/h2-6,8,10-12,24H,7,9,13H2,1H3,(H,22,25). The number of carbonyl (C=O) groups excluding carboxylic acids is 1. The topological polar surface area (TPSA) is 86.7 Å². The van der Waals surface area contributed by atoms with Crippen LogP contribution in [0.3, 0.4) is 0 Å². The van der Waals surface area contributed by atoms with Crippen molar-refractivity contribution in [3.05, 3.63) is 75.5 Å². The summed E-state index contributed by atoms with van der Waals surface area (Å²) in [6.45, 7) is 2.61. The summed E-state index contributed by atoms with van der Waals surface area (Å²) in [6, 6.07) is 12.8. The lowest BCUT2D eigenvalue weighted by Gasteiger charge is -2.26. The lowest BCUT2D eigenvalue weighted by atomic mass is 10.1. The molecular formula is C21H20N2O4S2. The van der Waals surface area contributed by atoms with Crippen molar-refractivity contribution in [3.63, 3.8) is 0 Å². The van der Waals surface area contributed by atoms with E-state index in [1.807, 2.05) is 18.4 Å². The second kappa shape index (κ2) is 7.62. The zero-order valence-corrected chi connectivity index (χ0v) is 17.4. The van der Waals surface area contributed by atoms with Crippen molar-refractivity contribution < 1.29 is 18.3 Å². The van der Waals surface area contributed by atoms with Crippen molar-refractivity contribution in [2.24, 2.45) is 0 Å². The van der Waals surface area contributed by atoms with Gasteiger partial charge < -0.3 is 10.4 Å². The number of thiophene rings is 1. The van der Waals surface area contributed by atoms with E-state index in [9.17, 15) is 18.3 Å². The maximum atomic E-state index is 13.1. The van der Waals surface area contributed by atoms with Gasteiger partial charge in [0.25, 0.3) is 5.91 Å². The highest BCUT2D eigenvalue weighted by Crippen LogP contribution is 2.29. The number of sulfonamides is 1. The van der Waals surface area contributed by atoms with Crippen molar-refractivity contribution in [3.8, 4) is 5.75 Å². The molecule has 29 heavy (non-hydrogen) atoms. The number of nitrogens with one attached hydrogen (secondary N) is 1. The Morgan fingerprint density at radius 1 is 1.17 bits per heavy atom. The molecule has 0 atom stereocenters. The van der Waals surface area contributed by atoms with Gasteiger partial charge in [-0.15, -0.1) is 11.3 Å². The first kappa shape index (κ1) is 19.6. The number of anilines is 1. The van der Waals surface area contributed by atoms with Crippen molar-refractivity contribution in [1.29, 1.82) is 0 Å². The summed E-state index contributed by atoms with van der Waals surface area (Å²) < 4.78 is 27.7. The number of aromatic hydroxyl groups is 1. The van der Waals surface area contributed by atoms with Crippen LogP contribution in [-0.2, 0) is 23.0 Å². The number of hydrogen-bond donors (Lipinski definition) is 2. The Morgan fingerprint density at radius 3 is 2.83 bits per heavy atom.